The molecule has 0 spiro atoms. The van der Waals surface area contributed by atoms with Crippen LogP contribution in [0.15, 0.2) is 71.8 Å². The molecule has 13 heteroatoms. The van der Waals surface area contributed by atoms with E-state index in [1.165, 1.54) is 0 Å². The van der Waals surface area contributed by atoms with Crippen molar-refractivity contribution in [3.05, 3.63) is 127 Å². The van der Waals surface area contributed by atoms with Crippen LogP contribution < -0.4 is 0 Å². The quantitative estimate of drug-likeness (QED) is 0.135. The molecule has 2 aliphatic rings. The van der Waals surface area contributed by atoms with Crippen LogP contribution in [0.3, 0.4) is 0 Å². The molecule has 4 aromatic carbocycles. The maximum absolute atomic E-state index is 13.7. The molecule has 4 aromatic rings. The zero-order valence-electron chi connectivity index (χ0n) is 28.5. The zero-order chi connectivity index (χ0) is 39.0. The lowest BCUT2D eigenvalue weighted by molar-refractivity contribution is -0.144. The van der Waals surface area contributed by atoms with E-state index in [1.807, 2.05) is 26.0 Å². The second-order valence-electron chi connectivity index (χ2n) is 13.6. The van der Waals surface area contributed by atoms with Gasteiger partial charge < -0.3 is 0 Å². The van der Waals surface area contributed by atoms with Crippen LogP contribution in [-0.4, -0.2) is 9.52 Å². The molecule has 0 aliphatic heterocycles. The highest BCUT2D eigenvalue weighted by Gasteiger charge is 2.39. The first-order chi connectivity index (χ1) is 24.4. The van der Waals surface area contributed by atoms with E-state index >= 15 is 0 Å². The highest BCUT2D eigenvalue weighted by Crippen LogP contribution is 2.49. The summed E-state index contributed by atoms with van der Waals surface area (Å²) in [6.45, 7) is 6.98. The van der Waals surface area contributed by atoms with Gasteiger partial charge in [-0.05, 0) is 120 Å². The third kappa shape index (κ3) is 7.45. The second kappa shape index (κ2) is 13.2. The SMILES string of the molecule is CC1=Cc2c(ccc(C)c2-c2cc(C(F)(F)F)cc(C(F)(F)F)c2)C1C[Si]CC1C(C)=Cc2c1ccc(C)c2-c1cc(C(F)(F)F)cc(C(F)(F)F)c1. The van der Waals surface area contributed by atoms with Crippen LogP contribution in [0.1, 0.15) is 81.3 Å². The molecule has 0 fully saturated rings. The molecule has 2 radical (unpaired) electrons. The first kappa shape index (κ1) is 38.5. The lowest BCUT2D eigenvalue weighted by Gasteiger charge is -2.21. The van der Waals surface area contributed by atoms with Gasteiger partial charge in [0.1, 0.15) is 0 Å². The van der Waals surface area contributed by atoms with Crippen molar-refractivity contribution in [1.82, 2.24) is 0 Å². The van der Waals surface area contributed by atoms with Gasteiger partial charge in [0.25, 0.3) is 0 Å². The standard InChI is InChI=1S/C40H30F12Si/c1-19-5-7-29-31(35(19)23-11-25(37(41,42)43)15-26(12-23)38(44,45)46)9-21(3)33(29)17-53-18-34-22(4)10-32-30(34)8-6-20(2)36(32)24-13-27(39(47,48)49)16-28(14-24)40(50,51)52/h5-16,33-34H,17-18H2,1-4H3. The molecule has 2 atom stereocenters. The molecular formula is C40H30F12Si. The summed E-state index contributed by atoms with van der Waals surface area (Å²) in [7, 11) is 0.302. The summed E-state index contributed by atoms with van der Waals surface area (Å²) in [6.07, 6.45) is -16.4. The maximum Gasteiger partial charge on any atom is 0.416 e. The van der Waals surface area contributed by atoms with Crippen LogP contribution in [0.2, 0.25) is 12.1 Å². The molecule has 0 amide bonds. The Morgan fingerprint density at radius 3 is 1.04 bits per heavy atom. The summed E-state index contributed by atoms with van der Waals surface area (Å²) in [4.78, 5) is 0. The highest BCUT2D eigenvalue weighted by atomic mass is 28.2. The third-order valence-corrected chi connectivity index (χ3v) is 11.4. The van der Waals surface area contributed by atoms with Crippen molar-refractivity contribution in [3.63, 3.8) is 0 Å². The Kier molecular flexibility index (Phi) is 9.61. The predicted molar refractivity (Wildman–Crippen MR) is 181 cm³/mol. The summed E-state index contributed by atoms with van der Waals surface area (Å²) in [5.41, 5.74) is 0.107. The van der Waals surface area contributed by atoms with Crippen LogP contribution in [0.25, 0.3) is 34.4 Å². The van der Waals surface area contributed by atoms with Gasteiger partial charge in [-0.2, -0.15) is 52.7 Å². The third-order valence-electron chi connectivity index (χ3n) is 10.0. The minimum absolute atomic E-state index is 0.105. The van der Waals surface area contributed by atoms with Crippen LogP contribution in [0.5, 0.6) is 0 Å². The van der Waals surface area contributed by atoms with E-state index in [0.717, 1.165) is 46.5 Å². The average Bonchev–Trinajstić information content (AvgIpc) is 3.53. The van der Waals surface area contributed by atoms with Gasteiger partial charge in [0.15, 0.2) is 0 Å². The highest BCUT2D eigenvalue weighted by molar-refractivity contribution is 6.36. The van der Waals surface area contributed by atoms with Crippen molar-refractivity contribution in [2.24, 2.45) is 0 Å². The fourth-order valence-corrected chi connectivity index (χ4v) is 9.26. The van der Waals surface area contributed by atoms with Gasteiger partial charge in [0.2, 0.25) is 0 Å². The van der Waals surface area contributed by atoms with E-state index in [9.17, 15) is 52.7 Å². The van der Waals surface area contributed by atoms with Crippen molar-refractivity contribution in [3.8, 4) is 22.3 Å². The molecule has 2 unspecified atom stereocenters. The summed E-state index contributed by atoms with van der Waals surface area (Å²) in [6, 6.07) is 11.4. The molecule has 0 aromatic heterocycles. The minimum atomic E-state index is -5.00. The minimum Gasteiger partial charge on any atom is -0.166 e. The predicted octanol–water partition coefficient (Wildman–Crippen LogP) is 14.0. The number of allylic oxidation sites excluding steroid dienone is 2. The molecule has 278 valence electrons. The fourth-order valence-electron chi connectivity index (χ4n) is 7.43. The van der Waals surface area contributed by atoms with Crippen molar-refractivity contribution < 1.29 is 52.7 Å². The molecule has 53 heavy (non-hydrogen) atoms. The van der Waals surface area contributed by atoms with Gasteiger partial charge in [0, 0.05) is 21.4 Å². The van der Waals surface area contributed by atoms with Crippen LogP contribution in [0, 0.1) is 13.8 Å². The van der Waals surface area contributed by atoms with Crippen molar-refractivity contribution in [1.29, 1.82) is 0 Å². The van der Waals surface area contributed by atoms with Gasteiger partial charge in [-0.3, -0.25) is 0 Å². The molecule has 2 aliphatic carbocycles. The zero-order valence-corrected chi connectivity index (χ0v) is 29.5. The van der Waals surface area contributed by atoms with Crippen molar-refractivity contribution in [2.75, 3.05) is 0 Å². The molecule has 0 N–H and O–H groups in total. The molecular weight excluding hydrogens is 737 g/mol. The molecule has 0 bridgehead atoms. The summed E-state index contributed by atoms with van der Waals surface area (Å²) < 4.78 is 165. The number of alkyl halides is 12. The van der Waals surface area contributed by atoms with E-state index in [2.05, 4.69) is 0 Å². The molecule has 0 heterocycles. The lowest BCUT2D eigenvalue weighted by atomic mass is 9.88. The lowest BCUT2D eigenvalue weighted by Crippen LogP contribution is -2.11. The largest absolute Gasteiger partial charge is 0.416 e. The second-order valence-corrected chi connectivity index (χ2v) is 15.0. The van der Waals surface area contributed by atoms with E-state index in [0.29, 0.717) is 55.0 Å². The van der Waals surface area contributed by atoms with Crippen molar-refractivity contribution in [2.45, 2.75) is 76.3 Å². The van der Waals surface area contributed by atoms with E-state index in [1.54, 1.807) is 38.1 Å². The number of halogens is 12. The van der Waals surface area contributed by atoms with Crippen molar-refractivity contribution >= 4 is 21.7 Å². The molecule has 0 saturated heterocycles. The first-order valence-electron chi connectivity index (χ1n) is 16.4. The maximum atomic E-state index is 13.7. The smallest absolute Gasteiger partial charge is 0.166 e. The van der Waals surface area contributed by atoms with Gasteiger partial charge in [-0.15, -0.1) is 0 Å². The first-order valence-corrected chi connectivity index (χ1v) is 17.8. The summed E-state index contributed by atoms with van der Waals surface area (Å²) >= 11 is 0. The van der Waals surface area contributed by atoms with Gasteiger partial charge in [0.05, 0.1) is 22.3 Å². The number of aryl methyl sites for hydroxylation is 2. The normalized spacial score (nSPS) is 17.5. The number of rotatable bonds is 6. The Balaban J connectivity index is 1.30. The number of hydrogen-bond donors (Lipinski definition) is 0. The Morgan fingerprint density at radius 1 is 0.453 bits per heavy atom. The van der Waals surface area contributed by atoms with Gasteiger partial charge in [-0.1, -0.05) is 59.7 Å². The number of benzene rings is 4. The van der Waals surface area contributed by atoms with Crippen LogP contribution in [-0.2, 0) is 24.7 Å². The van der Waals surface area contributed by atoms with E-state index in [-0.39, 0.29) is 35.1 Å². The Bertz CT molecular complexity index is 1940. The molecule has 6 rings (SSSR count). The molecule has 0 saturated carbocycles. The van der Waals surface area contributed by atoms with E-state index < -0.39 is 47.0 Å². The number of fused-ring (bicyclic) bond motifs is 2. The summed E-state index contributed by atoms with van der Waals surface area (Å²) in [5, 5.41) is 0. The Labute approximate surface area is 300 Å². The monoisotopic (exact) mass is 766 g/mol. The number of hydrogen-bond acceptors (Lipinski definition) is 0. The van der Waals surface area contributed by atoms with Gasteiger partial charge >= 0.3 is 24.7 Å². The Hall–Kier alpha value is -4.26. The summed E-state index contributed by atoms with van der Waals surface area (Å²) in [5.74, 6) is -0.333. The fraction of sp³-hybridized carbons (Fsp3) is 0.300. The van der Waals surface area contributed by atoms with E-state index in [4.69, 9.17) is 0 Å². The Morgan fingerprint density at radius 2 is 0.755 bits per heavy atom. The van der Waals surface area contributed by atoms with Gasteiger partial charge in [-0.25, -0.2) is 0 Å². The van der Waals surface area contributed by atoms with Crippen LogP contribution in [0.4, 0.5) is 52.7 Å². The molecule has 0 nitrogen and oxygen atoms in total. The average molecular weight is 767 g/mol. The van der Waals surface area contributed by atoms with Crippen LogP contribution >= 0.6 is 0 Å². The topological polar surface area (TPSA) is 0 Å².